The van der Waals surface area contributed by atoms with Gasteiger partial charge >= 0.3 is 6.36 Å². The Morgan fingerprint density at radius 3 is 2.60 bits per heavy atom. The smallest absolute Gasteiger partial charge is 0.406 e. The highest BCUT2D eigenvalue weighted by Gasteiger charge is 2.33. The summed E-state index contributed by atoms with van der Waals surface area (Å²) in [4.78, 5) is 23.6. The highest BCUT2D eigenvalue weighted by Crippen LogP contribution is 2.35. The molecule has 1 fully saturated rings. The largest absolute Gasteiger partial charge is 0.573 e. The molecule has 6 rings (SSSR count). The van der Waals surface area contributed by atoms with Crippen LogP contribution >= 0.6 is 24.0 Å². The fraction of sp³-hybridized carbons (Fsp3) is 0.281. The molecule has 8 nitrogen and oxygen atoms in total. The van der Waals surface area contributed by atoms with Crippen molar-refractivity contribution in [3.8, 4) is 22.8 Å². The zero-order chi connectivity index (χ0) is 31.6. The molecule has 4 aromatic rings. The molecule has 45 heavy (non-hydrogen) atoms. The number of nitrogens with one attached hydrogen (secondary N) is 1. The highest BCUT2D eigenvalue weighted by molar-refractivity contribution is 8.15. The summed E-state index contributed by atoms with van der Waals surface area (Å²) in [6.45, 7) is 2.63. The molecule has 1 N–H and O–H groups in total. The fourth-order valence-electron chi connectivity index (χ4n) is 5.42. The van der Waals surface area contributed by atoms with Crippen molar-refractivity contribution in [1.82, 2.24) is 20.1 Å². The SMILES string of the molecule is CC(CNC(=S)N=C1SCC(=O)N1c1cccc2c1CCCC2)c1ccc(-c2ncn(-c3ccc(OC(F)(F)F)cc3)n2)cc1. The third-order valence-electron chi connectivity index (χ3n) is 7.70. The molecule has 1 amide bonds. The van der Waals surface area contributed by atoms with E-state index in [4.69, 9.17) is 12.2 Å². The second kappa shape index (κ2) is 13.0. The van der Waals surface area contributed by atoms with Crippen molar-refractivity contribution < 1.29 is 22.7 Å². The van der Waals surface area contributed by atoms with Crippen LogP contribution in [0.3, 0.4) is 0 Å². The van der Waals surface area contributed by atoms with Crippen LogP contribution in [0.4, 0.5) is 18.9 Å². The average molecular weight is 651 g/mol. The van der Waals surface area contributed by atoms with Gasteiger partial charge in [0.1, 0.15) is 12.1 Å². The number of benzene rings is 3. The zero-order valence-corrected chi connectivity index (χ0v) is 25.9. The van der Waals surface area contributed by atoms with E-state index in [1.54, 1.807) is 4.90 Å². The van der Waals surface area contributed by atoms with Crippen LogP contribution in [0.15, 0.2) is 78.0 Å². The van der Waals surface area contributed by atoms with Gasteiger partial charge in [-0.05, 0) is 90.8 Å². The van der Waals surface area contributed by atoms with Gasteiger partial charge in [-0.1, -0.05) is 55.1 Å². The molecule has 1 aliphatic carbocycles. The maximum Gasteiger partial charge on any atom is 0.573 e. The molecule has 0 spiro atoms. The summed E-state index contributed by atoms with van der Waals surface area (Å²) in [6, 6.07) is 19.4. The Balaban J connectivity index is 1.07. The molecule has 2 heterocycles. The van der Waals surface area contributed by atoms with E-state index in [-0.39, 0.29) is 17.6 Å². The van der Waals surface area contributed by atoms with Gasteiger partial charge in [0.2, 0.25) is 5.91 Å². The number of anilines is 1. The average Bonchev–Trinajstić information content (AvgIpc) is 3.66. The van der Waals surface area contributed by atoms with Gasteiger partial charge in [-0.25, -0.2) is 9.67 Å². The van der Waals surface area contributed by atoms with Gasteiger partial charge in [-0.3, -0.25) is 9.69 Å². The first kappa shape index (κ1) is 30.8. The predicted octanol–water partition coefficient (Wildman–Crippen LogP) is 6.83. The van der Waals surface area contributed by atoms with Gasteiger partial charge in [0.15, 0.2) is 16.1 Å². The van der Waals surface area contributed by atoms with Crippen molar-refractivity contribution in [2.45, 2.75) is 44.9 Å². The lowest BCUT2D eigenvalue weighted by Gasteiger charge is -2.24. The van der Waals surface area contributed by atoms with Crippen LogP contribution in [-0.2, 0) is 17.6 Å². The topological polar surface area (TPSA) is 84.6 Å². The van der Waals surface area contributed by atoms with E-state index in [1.807, 2.05) is 36.4 Å². The van der Waals surface area contributed by atoms with Crippen LogP contribution in [0.5, 0.6) is 5.75 Å². The normalized spacial score (nSPS) is 16.5. The summed E-state index contributed by atoms with van der Waals surface area (Å²) in [5.74, 6) is 0.633. The molecule has 13 heteroatoms. The van der Waals surface area contributed by atoms with E-state index in [0.717, 1.165) is 36.1 Å². The Morgan fingerprint density at radius 1 is 1.09 bits per heavy atom. The fourth-order valence-corrected chi connectivity index (χ4v) is 6.51. The summed E-state index contributed by atoms with van der Waals surface area (Å²) >= 11 is 6.96. The molecular formula is C32H29F3N6O2S2. The molecular weight excluding hydrogens is 622 g/mol. The maximum atomic E-state index is 12.9. The van der Waals surface area contributed by atoms with Gasteiger partial charge in [0.05, 0.1) is 17.1 Å². The van der Waals surface area contributed by atoms with E-state index in [9.17, 15) is 18.0 Å². The van der Waals surface area contributed by atoms with Crippen LogP contribution in [0.2, 0.25) is 0 Å². The molecule has 232 valence electrons. The Bertz CT molecular complexity index is 1740. The molecule has 3 aromatic carbocycles. The van der Waals surface area contributed by atoms with Crippen LogP contribution in [0, 0.1) is 0 Å². The molecule has 0 radical (unpaired) electrons. The van der Waals surface area contributed by atoms with Crippen LogP contribution < -0.4 is 15.0 Å². The minimum atomic E-state index is -4.75. The number of halogens is 3. The minimum Gasteiger partial charge on any atom is -0.406 e. The first-order valence-corrected chi connectivity index (χ1v) is 15.9. The van der Waals surface area contributed by atoms with Crippen LogP contribution in [0.1, 0.15) is 42.4 Å². The number of aryl methyl sites for hydroxylation is 1. The third-order valence-corrected chi connectivity index (χ3v) is 8.86. The Kier molecular flexibility index (Phi) is 8.90. The lowest BCUT2D eigenvalue weighted by molar-refractivity contribution is -0.274. The summed E-state index contributed by atoms with van der Waals surface area (Å²) in [7, 11) is 0. The number of fused-ring (bicyclic) bond motifs is 1. The number of ether oxygens (including phenoxy) is 1. The zero-order valence-electron chi connectivity index (χ0n) is 24.3. The maximum absolute atomic E-state index is 12.9. The number of aliphatic imine (C=N–C) groups is 1. The van der Waals surface area contributed by atoms with E-state index in [2.05, 4.69) is 38.1 Å². The second-order valence-corrected chi connectivity index (χ2v) is 12.1. The van der Waals surface area contributed by atoms with Crippen molar-refractivity contribution in [1.29, 1.82) is 0 Å². The predicted molar refractivity (Wildman–Crippen MR) is 173 cm³/mol. The van der Waals surface area contributed by atoms with Crippen molar-refractivity contribution in [3.05, 3.63) is 89.7 Å². The second-order valence-electron chi connectivity index (χ2n) is 10.8. The quantitative estimate of drug-likeness (QED) is 0.220. The highest BCUT2D eigenvalue weighted by atomic mass is 32.2. The molecule has 1 saturated heterocycles. The van der Waals surface area contributed by atoms with E-state index >= 15 is 0 Å². The molecule has 2 aliphatic rings. The number of thiocarbonyl (C=S) groups is 1. The first-order valence-electron chi connectivity index (χ1n) is 14.5. The first-order chi connectivity index (χ1) is 21.6. The Morgan fingerprint density at radius 2 is 1.84 bits per heavy atom. The molecule has 0 saturated carbocycles. The van der Waals surface area contributed by atoms with Crippen LogP contribution in [-0.4, -0.2) is 49.6 Å². The van der Waals surface area contributed by atoms with Gasteiger partial charge < -0.3 is 10.1 Å². The van der Waals surface area contributed by atoms with E-state index < -0.39 is 6.36 Å². The number of hydrogen-bond acceptors (Lipinski definition) is 6. The Hall–Kier alpha value is -4.23. The molecule has 1 aliphatic heterocycles. The summed E-state index contributed by atoms with van der Waals surface area (Å²) in [6.07, 6.45) is 1.03. The standard InChI is InChI=1S/C32H29F3N6O2S2/c1-20(17-36-30(44)38-31-41(28(42)18-45-31)27-8-4-6-22-5-2-3-7-26(22)27)21-9-11-23(12-10-21)29-37-19-40(39-29)24-13-15-25(16-14-24)43-32(33,34)35/h4,6,8-16,19-20H,2-3,5,7,17-18H2,1H3,(H,36,44). The molecule has 1 unspecified atom stereocenters. The number of hydrogen-bond donors (Lipinski definition) is 1. The number of rotatable bonds is 7. The lowest BCUT2D eigenvalue weighted by atomic mass is 9.90. The van der Waals surface area contributed by atoms with Crippen molar-refractivity contribution in [3.63, 3.8) is 0 Å². The van der Waals surface area contributed by atoms with Crippen molar-refractivity contribution in [2.75, 3.05) is 17.2 Å². The van der Waals surface area contributed by atoms with Gasteiger partial charge in [-0.2, -0.15) is 4.99 Å². The van der Waals surface area contributed by atoms with Gasteiger partial charge in [0.25, 0.3) is 0 Å². The Labute approximate surface area is 267 Å². The minimum absolute atomic E-state index is 0.0155. The van der Waals surface area contributed by atoms with Crippen molar-refractivity contribution in [2.24, 2.45) is 4.99 Å². The van der Waals surface area contributed by atoms with E-state index in [1.165, 1.54) is 64.6 Å². The summed E-state index contributed by atoms with van der Waals surface area (Å²) < 4.78 is 42.7. The van der Waals surface area contributed by atoms with Gasteiger partial charge in [-0.15, -0.1) is 18.3 Å². The number of carbonyl (C=O) groups excluding carboxylic acids is 1. The molecule has 0 bridgehead atoms. The van der Waals surface area contributed by atoms with Crippen LogP contribution in [0.25, 0.3) is 17.1 Å². The van der Waals surface area contributed by atoms with E-state index in [0.29, 0.717) is 34.1 Å². The summed E-state index contributed by atoms with van der Waals surface area (Å²) in [5.41, 5.74) is 5.88. The molecule has 1 atom stereocenters. The number of thioether (sulfide) groups is 1. The van der Waals surface area contributed by atoms with Crippen molar-refractivity contribution >= 4 is 45.9 Å². The number of amidine groups is 1. The number of alkyl halides is 3. The summed E-state index contributed by atoms with van der Waals surface area (Å²) in [5, 5.41) is 8.63. The molecule has 1 aromatic heterocycles. The lowest BCUT2D eigenvalue weighted by Crippen LogP contribution is -2.33. The number of carbonyl (C=O) groups is 1. The number of aromatic nitrogens is 3. The van der Waals surface area contributed by atoms with Gasteiger partial charge in [0, 0.05) is 12.1 Å². The third kappa shape index (κ3) is 7.20. The monoisotopic (exact) mass is 650 g/mol. The number of nitrogens with zero attached hydrogens (tertiary/aromatic N) is 5. The number of amides is 1.